The fourth-order valence-corrected chi connectivity index (χ4v) is 14.0. The summed E-state index contributed by atoms with van der Waals surface area (Å²) < 4.78 is 28.2. The second-order valence-electron chi connectivity index (χ2n) is 22.2. The number of fused-ring (bicyclic) bond motifs is 21. The van der Waals surface area contributed by atoms with Gasteiger partial charge in [-0.25, -0.2) is 0 Å². The molecule has 0 unspecified atom stereocenters. The summed E-state index contributed by atoms with van der Waals surface area (Å²) in [5, 5.41) is 8.56. The Kier molecular flexibility index (Phi) is 8.60. The van der Waals surface area contributed by atoms with E-state index in [-0.39, 0.29) is 0 Å². The summed E-state index contributed by atoms with van der Waals surface area (Å²) in [5.41, 5.74) is 21.6. The van der Waals surface area contributed by atoms with Crippen molar-refractivity contribution >= 4 is 122 Å². The molecule has 0 radical (unpaired) electrons. The van der Waals surface area contributed by atoms with E-state index < -0.39 is 10.8 Å². The van der Waals surface area contributed by atoms with Crippen molar-refractivity contribution in [1.82, 2.24) is 0 Å². The topological polar surface area (TPSA) is 59.0 Å². The van der Waals surface area contributed by atoms with E-state index in [0.29, 0.717) is 0 Å². The Labute approximate surface area is 448 Å². The van der Waals surface area contributed by atoms with Crippen LogP contribution in [-0.2, 0) is 10.8 Å². The van der Waals surface area contributed by atoms with Gasteiger partial charge in [-0.2, -0.15) is 0 Å². The van der Waals surface area contributed by atoms with Crippen LogP contribution in [0.15, 0.2) is 236 Å². The molecule has 0 amide bonds. The number of furan rings is 4. The third kappa shape index (κ3) is 5.65. The molecule has 370 valence electrons. The zero-order valence-corrected chi connectivity index (χ0v) is 43.3. The van der Waals surface area contributed by atoms with Crippen LogP contribution in [0.2, 0.25) is 0 Å². The Morgan fingerprint density at radius 2 is 0.628 bits per heavy atom. The lowest BCUT2D eigenvalue weighted by molar-refractivity contribution is 0.600. The zero-order chi connectivity index (χ0) is 51.8. The highest BCUT2D eigenvalue weighted by Crippen LogP contribution is 2.64. The molecule has 0 N–H and O–H groups in total. The van der Waals surface area contributed by atoms with Gasteiger partial charge >= 0.3 is 0 Å². The van der Waals surface area contributed by atoms with Gasteiger partial charge < -0.3 is 27.5 Å². The predicted octanol–water partition coefficient (Wildman–Crippen LogP) is 20.8. The molecule has 15 aromatic rings. The molecule has 4 aromatic heterocycles. The quantitative estimate of drug-likeness (QED) is 0.165. The number of para-hydroxylation sites is 8. The Hall–Kier alpha value is -9.78. The van der Waals surface area contributed by atoms with Crippen molar-refractivity contribution in [2.45, 2.75) is 38.5 Å². The lowest BCUT2D eigenvalue weighted by Gasteiger charge is -2.32. The lowest BCUT2D eigenvalue weighted by atomic mass is 9.72. The molecule has 2 aliphatic carbocycles. The van der Waals surface area contributed by atoms with E-state index in [4.69, 9.17) is 17.7 Å². The van der Waals surface area contributed by atoms with Gasteiger partial charge in [0.05, 0.1) is 33.5 Å². The number of benzene rings is 11. The predicted molar refractivity (Wildman–Crippen MR) is 320 cm³/mol. The molecule has 0 atom stereocenters. The fraction of sp³-hybridized carbons (Fsp3) is 0.0833. The minimum absolute atomic E-state index is 0.492. The van der Waals surface area contributed by atoms with Gasteiger partial charge in [0.1, 0.15) is 33.5 Å². The maximum absolute atomic E-state index is 7.27. The summed E-state index contributed by atoms with van der Waals surface area (Å²) in [6.45, 7) is 9.65. The van der Waals surface area contributed by atoms with Crippen LogP contribution in [0.4, 0.5) is 34.1 Å². The van der Waals surface area contributed by atoms with Crippen molar-refractivity contribution in [3.8, 4) is 22.3 Å². The third-order valence-corrected chi connectivity index (χ3v) is 17.4. The molecule has 2 aliphatic rings. The molecule has 0 spiro atoms. The summed E-state index contributed by atoms with van der Waals surface area (Å²) in [4.78, 5) is 4.78. The third-order valence-electron chi connectivity index (χ3n) is 17.4. The highest BCUT2D eigenvalue weighted by atomic mass is 16.3. The second-order valence-corrected chi connectivity index (χ2v) is 22.2. The van der Waals surface area contributed by atoms with Gasteiger partial charge in [-0.3, -0.25) is 0 Å². The van der Waals surface area contributed by atoms with Crippen LogP contribution in [0, 0.1) is 0 Å². The molecule has 4 heterocycles. The first kappa shape index (κ1) is 43.5. The maximum atomic E-state index is 7.27. The minimum atomic E-state index is -0.492. The van der Waals surface area contributed by atoms with Gasteiger partial charge in [0.25, 0.3) is 0 Å². The number of nitrogens with zero attached hydrogens (tertiary/aromatic N) is 2. The van der Waals surface area contributed by atoms with Crippen LogP contribution in [0.25, 0.3) is 110 Å². The molecule has 0 saturated heterocycles. The zero-order valence-electron chi connectivity index (χ0n) is 43.3. The maximum Gasteiger partial charge on any atom is 0.159 e. The van der Waals surface area contributed by atoms with Gasteiger partial charge in [-0.1, -0.05) is 173 Å². The molecular formula is C72H48N2O4. The van der Waals surface area contributed by atoms with Crippen LogP contribution in [0.3, 0.4) is 0 Å². The number of hydrogen-bond acceptors (Lipinski definition) is 6. The Balaban J connectivity index is 0.931. The standard InChI is InChI=1S/C72H48N2O4/c1-71(2)51-39-55(73(41-21-7-5-8-22-41)53-31-19-29-45-43-25-11-15-33-57(43)75-67(45)53)63-47-27-13-17-35-59(47)77-69(63)61(51)49-37-38-50-62-52(72(3,4)66(50)65(49)71)40-56(64-48-28-14-18-36-60(48)78-70(62)64)74(42-23-9-6-10-24-42)54-32-20-30-46-44-26-12-16-34-58(44)76-68(46)54/h5-40H,1-4H3. The van der Waals surface area contributed by atoms with Crippen molar-refractivity contribution in [3.63, 3.8) is 0 Å². The van der Waals surface area contributed by atoms with E-state index >= 15 is 0 Å². The molecular weight excluding hydrogens is 957 g/mol. The van der Waals surface area contributed by atoms with E-state index in [1.54, 1.807) is 0 Å². The molecule has 11 aromatic carbocycles. The molecule has 6 nitrogen and oxygen atoms in total. The summed E-state index contributed by atoms with van der Waals surface area (Å²) in [5.74, 6) is 0. The van der Waals surface area contributed by atoms with Gasteiger partial charge in [0.2, 0.25) is 0 Å². The normalized spacial score (nSPS) is 14.1. The SMILES string of the molecule is CC1(C)c2cc(N(c3ccccc3)c3cccc4c3oc3ccccc34)c3c(oc4ccccc43)c2-c2ccc3c(c21)C(C)(C)c1cc(N(c2ccccc2)c2cccc4c2oc2ccccc24)c2c(oc4ccccc42)c1-3. The van der Waals surface area contributed by atoms with Crippen molar-refractivity contribution in [1.29, 1.82) is 0 Å². The van der Waals surface area contributed by atoms with Crippen molar-refractivity contribution in [2.24, 2.45) is 0 Å². The fourth-order valence-electron chi connectivity index (χ4n) is 14.0. The van der Waals surface area contributed by atoms with Crippen LogP contribution in [-0.4, -0.2) is 0 Å². The molecule has 0 saturated carbocycles. The van der Waals surface area contributed by atoms with Gasteiger partial charge in [0, 0.05) is 65.6 Å². The molecule has 6 heteroatoms. The average Bonchev–Trinajstić information content (AvgIpc) is 3.75. The van der Waals surface area contributed by atoms with Crippen LogP contribution >= 0.6 is 0 Å². The first-order chi connectivity index (χ1) is 38.2. The van der Waals surface area contributed by atoms with E-state index in [9.17, 15) is 0 Å². The van der Waals surface area contributed by atoms with Gasteiger partial charge in [-0.15, -0.1) is 0 Å². The van der Waals surface area contributed by atoms with Crippen LogP contribution in [0.1, 0.15) is 49.9 Å². The summed E-state index contributed by atoms with van der Waals surface area (Å²) in [6.07, 6.45) is 0. The van der Waals surface area contributed by atoms with E-state index in [2.05, 4.69) is 244 Å². The van der Waals surface area contributed by atoms with E-state index in [0.717, 1.165) is 133 Å². The molecule has 0 aliphatic heterocycles. The summed E-state index contributed by atoms with van der Waals surface area (Å²) >= 11 is 0. The molecule has 0 fully saturated rings. The minimum Gasteiger partial charge on any atom is -0.455 e. The Morgan fingerprint density at radius 3 is 1.04 bits per heavy atom. The van der Waals surface area contributed by atoms with Crippen molar-refractivity contribution in [2.75, 3.05) is 9.80 Å². The second kappa shape index (κ2) is 15.4. The van der Waals surface area contributed by atoms with Crippen LogP contribution in [0.5, 0.6) is 0 Å². The Morgan fingerprint density at radius 1 is 0.295 bits per heavy atom. The largest absolute Gasteiger partial charge is 0.455 e. The average molecular weight is 1010 g/mol. The highest BCUT2D eigenvalue weighted by Gasteiger charge is 2.49. The van der Waals surface area contributed by atoms with Crippen molar-refractivity contribution < 1.29 is 17.7 Å². The smallest absolute Gasteiger partial charge is 0.159 e. The highest BCUT2D eigenvalue weighted by molar-refractivity contribution is 6.23. The monoisotopic (exact) mass is 1000 g/mol. The number of anilines is 6. The lowest BCUT2D eigenvalue weighted by Crippen LogP contribution is -2.24. The molecule has 17 rings (SSSR count). The Bertz CT molecular complexity index is 4730. The van der Waals surface area contributed by atoms with Gasteiger partial charge in [0.15, 0.2) is 11.2 Å². The van der Waals surface area contributed by atoms with Gasteiger partial charge in [-0.05, 0) is 106 Å². The number of hydrogen-bond donors (Lipinski definition) is 0. The van der Waals surface area contributed by atoms with E-state index in [1.807, 2.05) is 12.1 Å². The number of rotatable bonds is 6. The van der Waals surface area contributed by atoms with E-state index in [1.165, 1.54) is 33.4 Å². The van der Waals surface area contributed by atoms with Crippen molar-refractivity contribution in [3.05, 3.63) is 241 Å². The molecule has 78 heavy (non-hydrogen) atoms. The van der Waals surface area contributed by atoms with Crippen LogP contribution < -0.4 is 9.80 Å². The summed E-state index contributed by atoms with van der Waals surface area (Å²) in [6, 6.07) is 77.7. The summed E-state index contributed by atoms with van der Waals surface area (Å²) in [7, 11) is 0. The first-order valence-corrected chi connectivity index (χ1v) is 26.9. The first-order valence-electron chi connectivity index (χ1n) is 26.9. The molecule has 0 bridgehead atoms.